The second kappa shape index (κ2) is 26.5. The molecule has 10 rings (SSSR count). The van der Waals surface area contributed by atoms with Crippen LogP contribution in [0.1, 0.15) is 65.0 Å². The molecule has 9 aromatic rings. The number of hydrogen-bond acceptors (Lipinski definition) is 16. The number of alkyl carbamates (subject to hydrolysis) is 2. The van der Waals surface area contributed by atoms with Gasteiger partial charge < -0.3 is 45.0 Å². The van der Waals surface area contributed by atoms with Crippen LogP contribution in [0.15, 0.2) is 157 Å². The van der Waals surface area contributed by atoms with Gasteiger partial charge in [0.25, 0.3) is 5.91 Å². The molecule has 6 aromatic carbocycles. The lowest BCUT2D eigenvalue weighted by molar-refractivity contribution is 0.0529. The zero-order valence-corrected chi connectivity index (χ0v) is 46.8. The second-order valence-electron chi connectivity index (χ2n) is 19.9. The van der Waals surface area contributed by atoms with Gasteiger partial charge in [0.2, 0.25) is 0 Å². The number of hydrogen-bond donors (Lipinski definition) is 4. The van der Waals surface area contributed by atoms with Gasteiger partial charge in [0, 0.05) is 48.1 Å². The fourth-order valence-electron chi connectivity index (χ4n) is 8.87. The number of carbonyl (C=O) groups excluding carboxylic acids is 3. The number of halogens is 1. The Bertz CT molecular complexity index is 3610. The van der Waals surface area contributed by atoms with E-state index in [-0.39, 0.29) is 31.5 Å². The van der Waals surface area contributed by atoms with E-state index in [2.05, 4.69) is 66.2 Å². The van der Waals surface area contributed by atoms with Crippen molar-refractivity contribution in [2.75, 3.05) is 50.2 Å². The summed E-state index contributed by atoms with van der Waals surface area (Å²) in [7, 11) is 0. The van der Waals surface area contributed by atoms with Crippen LogP contribution in [0.4, 0.5) is 21.1 Å². The number of nitrogens with one attached hydrogen (secondary N) is 4. The van der Waals surface area contributed by atoms with Gasteiger partial charge in [-0.05, 0) is 115 Å². The summed E-state index contributed by atoms with van der Waals surface area (Å²) in [6.07, 6.45) is 0.829. The van der Waals surface area contributed by atoms with E-state index < -0.39 is 17.8 Å². The summed E-state index contributed by atoms with van der Waals surface area (Å²) in [5.74, 6) is 2.22. The van der Waals surface area contributed by atoms with Crippen LogP contribution in [0.3, 0.4) is 0 Å². The van der Waals surface area contributed by atoms with Gasteiger partial charge >= 0.3 is 12.2 Å². The third-order valence-corrected chi connectivity index (χ3v) is 13.9. The molecular weight excluding hydrogens is 1080 g/mol. The van der Waals surface area contributed by atoms with E-state index >= 15 is 0 Å². The minimum atomic E-state index is -0.612. The first-order chi connectivity index (χ1) is 39.9. The number of anilines is 2. The molecule has 420 valence electrons. The van der Waals surface area contributed by atoms with Crippen molar-refractivity contribution in [3.05, 3.63) is 190 Å². The molecule has 22 heteroatoms. The monoisotopic (exact) mass is 1140 g/mol. The third-order valence-electron chi connectivity index (χ3n) is 12.8. The van der Waals surface area contributed by atoms with Gasteiger partial charge in [-0.1, -0.05) is 119 Å². The zero-order chi connectivity index (χ0) is 56.8. The Balaban J connectivity index is 0.636. The minimum Gasteiger partial charge on any atom is -0.491 e. The molecule has 1 aliphatic carbocycles. The number of carbonyl (C=O) groups is 3. The van der Waals surface area contributed by atoms with Gasteiger partial charge in [-0.25, -0.2) is 28.9 Å². The Kier molecular flexibility index (Phi) is 18.2. The molecule has 0 spiro atoms. The molecule has 0 saturated carbocycles. The summed E-state index contributed by atoms with van der Waals surface area (Å²) in [5.41, 5.74) is 8.49. The number of fused-ring (bicyclic) bond motifs is 4. The Hall–Kier alpha value is -9.05. The maximum Gasteiger partial charge on any atom is 0.407 e. The third kappa shape index (κ3) is 15.0. The van der Waals surface area contributed by atoms with E-state index in [1.807, 2.05) is 66.9 Å². The van der Waals surface area contributed by atoms with Crippen LogP contribution in [0, 0.1) is 0 Å². The lowest BCUT2D eigenvalue weighted by atomic mass is 9.98. The van der Waals surface area contributed by atoms with Crippen molar-refractivity contribution in [2.24, 2.45) is 0 Å². The first-order valence-electron chi connectivity index (χ1n) is 26.5. The van der Waals surface area contributed by atoms with Crippen LogP contribution in [0.2, 0.25) is 5.02 Å². The topological polar surface area (TPSA) is 233 Å². The highest BCUT2D eigenvalue weighted by molar-refractivity contribution is 7.98. The van der Waals surface area contributed by atoms with Gasteiger partial charge in [0.05, 0.1) is 37.7 Å². The molecule has 0 aliphatic heterocycles. The van der Waals surface area contributed by atoms with E-state index in [9.17, 15) is 14.4 Å². The normalized spacial score (nSPS) is 11.9. The van der Waals surface area contributed by atoms with Gasteiger partial charge in [0.15, 0.2) is 27.9 Å². The number of benzene rings is 6. The van der Waals surface area contributed by atoms with Crippen LogP contribution in [-0.4, -0.2) is 103 Å². The first kappa shape index (κ1) is 56.2. The molecule has 0 radical (unpaired) electrons. The maximum absolute atomic E-state index is 13.4. The summed E-state index contributed by atoms with van der Waals surface area (Å²) >= 11 is 7.51. The van der Waals surface area contributed by atoms with Crippen molar-refractivity contribution in [3.63, 3.8) is 0 Å². The fraction of sp³-hybridized carbons (Fsp3) is 0.250. The number of thioether (sulfide) groups is 1. The molecule has 82 heavy (non-hydrogen) atoms. The SMILES string of the molecule is CC(C)(C)OC(=O)NCCNc1nc(SCc2cn(CCOCCOc3ccc(Oc4ccccc4NC(=O)c4ccc(CNC(=O)OCC5c6ccccc6-c6ccccc65)cc4)cc3)nn2)nc2c1nnn2Cc1ccc(Cl)cc1. The van der Waals surface area contributed by atoms with Crippen molar-refractivity contribution in [2.45, 2.75) is 62.8 Å². The van der Waals surface area contributed by atoms with Crippen LogP contribution in [0.5, 0.6) is 17.2 Å². The Morgan fingerprint density at radius 1 is 0.707 bits per heavy atom. The van der Waals surface area contributed by atoms with Gasteiger partial charge in [0.1, 0.15) is 30.3 Å². The van der Waals surface area contributed by atoms with Crippen LogP contribution in [0.25, 0.3) is 22.3 Å². The highest BCUT2D eigenvalue weighted by atomic mass is 35.5. The Labute approximate surface area is 482 Å². The molecule has 0 fully saturated rings. The summed E-state index contributed by atoms with van der Waals surface area (Å²) in [6.45, 7) is 8.47. The van der Waals surface area contributed by atoms with E-state index in [1.165, 1.54) is 22.9 Å². The van der Waals surface area contributed by atoms with Gasteiger partial charge in [-0.3, -0.25) is 4.79 Å². The summed E-state index contributed by atoms with van der Waals surface area (Å²) in [4.78, 5) is 47.9. The summed E-state index contributed by atoms with van der Waals surface area (Å²) < 4.78 is 32.4. The predicted molar refractivity (Wildman–Crippen MR) is 312 cm³/mol. The molecular formula is C60H59ClN12O8S. The van der Waals surface area contributed by atoms with Crippen molar-refractivity contribution in [1.29, 1.82) is 0 Å². The van der Waals surface area contributed by atoms with Crippen LogP contribution < -0.4 is 30.7 Å². The fourth-order valence-corrected chi connectivity index (χ4v) is 9.71. The van der Waals surface area contributed by atoms with E-state index in [0.717, 1.165) is 27.9 Å². The molecule has 0 atom stereocenters. The van der Waals surface area contributed by atoms with Crippen molar-refractivity contribution in [1.82, 2.24) is 50.6 Å². The molecule has 3 amide bonds. The smallest absolute Gasteiger partial charge is 0.407 e. The van der Waals surface area contributed by atoms with Crippen molar-refractivity contribution < 1.29 is 38.1 Å². The van der Waals surface area contributed by atoms with E-state index in [4.69, 9.17) is 45.3 Å². The standard InChI is InChI=1S/C60H59ClN12O8S/c1-60(2,3)81-59(76)63-29-28-62-54-53-55(73(71-69-53)35-40-18-22-42(61)23-19-40)67-57(66-54)82-38-43-36-72(70-68-43)30-31-77-32-33-78-44-24-26-45(27-25-44)80-52-15-9-8-14-51(52)65-56(74)41-20-16-39(17-21-41)34-64-58(75)79-37-50-48-12-6-4-10-46(48)47-11-5-7-13-49(47)50/h4-27,36,50H,28-35,37-38H2,1-3H3,(H,63,76)(H,64,75)(H,65,74)(H,62,66,67). The van der Waals surface area contributed by atoms with Crippen LogP contribution in [-0.2, 0) is 39.6 Å². The molecule has 0 saturated heterocycles. The van der Waals surface area contributed by atoms with Gasteiger partial charge in [-0.2, -0.15) is 0 Å². The van der Waals surface area contributed by atoms with E-state index in [1.54, 1.807) is 90.8 Å². The average Bonchev–Trinajstić information content (AvgIpc) is 4.39. The molecule has 0 unspecified atom stereocenters. The van der Waals surface area contributed by atoms with Gasteiger partial charge in [-0.15, -0.1) is 10.2 Å². The molecule has 20 nitrogen and oxygen atoms in total. The number of rotatable bonds is 24. The summed E-state index contributed by atoms with van der Waals surface area (Å²) in [5, 5.41) is 30.3. The van der Waals surface area contributed by atoms with Crippen LogP contribution >= 0.6 is 23.4 Å². The number of ether oxygens (including phenoxy) is 5. The molecule has 4 N–H and O–H groups in total. The number of aromatic nitrogens is 8. The van der Waals surface area contributed by atoms with Crippen molar-refractivity contribution in [3.8, 4) is 28.4 Å². The Morgan fingerprint density at radius 2 is 1.41 bits per heavy atom. The quantitative estimate of drug-likeness (QED) is 0.0250. The average molecular weight is 1140 g/mol. The maximum atomic E-state index is 13.4. The number of nitrogens with zero attached hydrogens (tertiary/aromatic N) is 8. The number of amides is 3. The highest BCUT2D eigenvalue weighted by Gasteiger charge is 2.29. The summed E-state index contributed by atoms with van der Waals surface area (Å²) in [6, 6.07) is 45.3. The number of para-hydroxylation sites is 2. The first-order valence-corrected chi connectivity index (χ1v) is 27.9. The second-order valence-corrected chi connectivity index (χ2v) is 21.3. The molecule has 3 heterocycles. The zero-order valence-electron chi connectivity index (χ0n) is 45.2. The largest absolute Gasteiger partial charge is 0.491 e. The lowest BCUT2D eigenvalue weighted by Gasteiger charge is -2.19. The Morgan fingerprint density at radius 3 is 2.17 bits per heavy atom. The highest BCUT2D eigenvalue weighted by Crippen LogP contribution is 2.44. The minimum absolute atomic E-state index is 0.0296. The molecule has 1 aliphatic rings. The van der Waals surface area contributed by atoms with E-state index in [0.29, 0.717) is 101 Å². The lowest BCUT2D eigenvalue weighted by Crippen LogP contribution is -2.35. The molecule has 0 bridgehead atoms. The molecule has 3 aromatic heterocycles. The van der Waals surface area contributed by atoms with Crippen molar-refractivity contribution >= 4 is 64.1 Å². The predicted octanol–water partition coefficient (Wildman–Crippen LogP) is 10.9.